The average Bonchev–Trinajstić information content (AvgIpc) is 3.17. The van der Waals surface area contributed by atoms with Crippen molar-refractivity contribution < 1.29 is 13.2 Å². The number of anilines is 1. The van der Waals surface area contributed by atoms with Crippen LogP contribution in [0.25, 0.3) is 5.69 Å². The van der Waals surface area contributed by atoms with Gasteiger partial charge < -0.3 is 4.57 Å². The van der Waals surface area contributed by atoms with Crippen LogP contribution in [0.5, 0.6) is 0 Å². The van der Waals surface area contributed by atoms with E-state index < -0.39 is 22.5 Å². The number of carbonyl (C=O) groups is 1. The predicted octanol–water partition coefficient (Wildman–Crippen LogP) is 6.51. The fourth-order valence-electron chi connectivity index (χ4n) is 3.93. The van der Waals surface area contributed by atoms with Gasteiger partial charge in [-0.3, -0.25) is 9.10 Å². The molecule has 0 radical (unpaired) electrons. The minimum Gasteiger partial charge on any atom is -0.316 e. The molecule has 0 aliphatic carbocycles. The Balaban J connectivity index is 1.55. The van der Waals surface area contributed by atoms with E-state index in [1.807, 2.05) is 24.5 Å². The number of rotatable bonds is 8. The summed E-state index contributed by atoms with van der Waals surface area (Å²) in [5, 5.41) is 5.18. The van der Waals surface area contributed by atoms with E-state index in [2.05, 4.69) is 26.5 Å². The SMILES string of the molecule is Cc1cc(/C=N\NC(=O)CN(c2ccc(Br)cc2)S(=O)(=O)c2ccccc2)c(C)n1-c1cc(Cl)ccc1Cl. The molecule has 196 valence electrons. The first-order valence-corrected chi connectivity index (χ1v) is 14.4. The molecule has 4 rings (SSSR count). The normalized spacial score (nSPS) is 11.6. The molecule has 4 aromatic rings. The van der Waals surface area contributed by atoms with Gasteiger partial charge in [-0.2, -0.15) is 5.10 Å². The molecular formula is C27H23BrCl2N4O3S. The predicted molar refractivity (Wildman–Crippen MR) is 156 cm³/mol. The van der Waals surface area contributed by atoms with Gasteiger partial charge in [0, 0.05) is 26.4 Å². The Morgan fingerprint density at radius 3 is 2.39 bits per heavy atom. The quantitative estimate of drug-likeness (QED) is 0.177. The fourth-order valence-corrected chi connectivity index (χ4v) is 6.00. The number of nitrogens with zero attached hydrogens (tertiary/aromatic N) is 3. The molecule has 7 nitrogen and oxygen atoms in total. The lowest BCUT2D eigenvalue weighted by Crippen LogP contribution is -2.39. The van der Waals surface area contributed by atoms with E-state index in [9.17, 15) is 13.2 Å². The number of benzene rings is 3. The standard InChI is InChI=1S/C27H23BrCl2N4O3S/c1-18-14-20(19(2)34(18)26-15-22(29)10-13-25(26)30)16-31-32-27(35)17-33(23-11-8-21(28)9-12-23)38(36,37)24-6-4-3-5-7-24/h3-16H,17H2,1-2H3,(H,32,35)/b31-16-. The average molecular weight is 634 g/mol. The largest absolute Gasteiger partial charge is 0.316 e. The number of hydrazone groups is 1. The van der Waals surface area contributed by atoms with Gasteiger partial charge in [-0.05, 0) is 74.5 Å². The van der Waals surface area contributed by atoms with Crippen LogP contribution in [0.2, 0.25) is 10.0 Å². The second-order valence-corrected chi connectivity index (χ2v) is 12.0. The first-order chi connectivity index (χ1) is 18.1. The first kappa shape index (κ1) is 27.9. The van der Waals surface area contributed by atoms with Crippen LogP contribution < -0.4 is 9.73 Å². The first-order valence-electron chi connectivity index (χ1n) is 11.4. The van der Waals surface area contributed by atoms with Gasteiger partial charge in [0.2, 0.25) is 0 Å². The highest BCUT2D eigenvalue weighted by Crippen LogP contribution is 2.29. The molecule has 1 heterocycles. The van der Waals surface area contributed by atoms with Crippen molar-refractivity contribution in [3.05, 3.63) is 110 Å². The fraction of sp³-hybridized carbons (Fsp3) is 0.111. The van der Waals surface area contributed by atoms with Crippen molar-refractivity contribution in [3.63, 3.8) is 0 Å². The van der Waals surface area contributed by atoms with Gasteiger partial charge in [-0.25, -0.2) is 13.8 Å². The van der Waals surface area contributed by atoms with Crippen molar-refractivity contribution in [2.24, 2.45) is 5.10 Å². The lowest BCUT2D eigenvalue weighted by atomic mass is 10.2. The minimum absolute atomic E-state index is 0.0753. The maximum absolute atomic E-state index is 13.4. The summed E-state index contributed by atoms with van der Waals surface area (Å²) in [5.41, 5.74) is 6.01. The smallest absolute Gasteiger partial charge is 0.264 e. The summed E-state index contributed by atoms with van der Waals surface area (Å²) < 4.78 is 30.6. The molecule has 38 heavy (non-hydrogen) atoms. The zero-order valence-electron chi connectivity index (χ0n) is 20.4. The van der Waals surface area contributed by atoms with Gasteiger partial charge in [-0.1, -0.05) is 57.3 Å². The van der Waals surface area contributed by atoms with E-state index in [0.29, 0.717) is 15.7 Å². The summed E-state index contributed by atoms with van der Waals surface area (Å²) in [6.07, 6.45) is 1.50. The number of carbonyl (C=O) groups excluding carboxylic acids is 1. The van der Waals surface area contributed by atoms with E-state index in [4.69, 9.17) is 23.2 Å². The van der Waals surface area contributed by atoms with Crippen LogP contribution in [-0.4, -0.2) is 31.7 Å². The Labute approximate surface area is 239 Å². The summed E-state index contributed by atoms with van der Waals surface area (Å²) in [7, 11) is -4.01. The molecule has 3 aromatic carbocycles. The molecular weight excluding hydrogens is 611 g/mol. The van der Waals surface area contributed by atoms with Gasteiger partial charge in [0.1, 0.15) is 6.54 Å². The van der Waals surface area contributed by atoms with E-state index in [-0.39, 0.29) is 4.90 Å². The number of amides is 1. The van der Waals surface area contributed by atoms with Crippen LogP contribution in [0.4, 0.5) is 5.69 Å². The third kappa shape index (κ3) is 6.13. The number of hydrogen-bond acceptors (Lipinski definition) is 4. The highest BCUT2D eigenvalue weighted by Gasteiger charge is 2.27. The second-order valence-electron chi connectivity index (χ2n) is 8.35. The number of aryl methyl sites for hydroxylation is 1. The van der Waals surface area contributed by atoms with Gasteiger partial charge in [0.05, 0.1) is 27.5 Å². The van der Waals surface area contributed by atoms with E-state index in [1.54, 1.807) is 60.7 Å². The molecule has 0 bridgehead atoms. The summed E-state index contributed by atoms with van der Waals surface area (Å²) in [6.45, 7) is 3.35. The van der Waals surface area contributed by atoms with Crippen LogP contribution >= 0.6 is 39.1 Å². The maximum atomic E-state index is 13.4. The molecule has 0 unspecified atom stereocenters. The van der Waals surface area contributed by atoms with Crippen molar-refractivity contribution in [1.29, 1.82) is 0 Å². The molecule has 1 N–H and O–H groups in total. The molecule has 1 amide bonds. The molecule has 0 saturated heterocycles. The Hall–Kier alpha value is -3.11. The van der Waals surface area contributed by atoms with Crippen molar-refractivity contribution in [2.75, 3.05) is 10.8 Å². The maximum Gasteiger partial charge on any atom is 0.264 e. The van der Waals surface area contributed by atoms with E-state index in [0.717, 1.165) is 31.4 Å². The molecule has 1 aromatic heterocycles. The number of nitrogens with one attached hydrogen (secondary N) is 1. The Morgan fingerprint density at radius 1 is 1.03 bits per heavy atom. The monoisotopic (exact) mass is 632 g/mol. The Bertz CT molecular complexity index is 1610. The number of halogens is 3. The van der Waals surface area contributed by atoms with Gasteiger partial charge in [0.25, 0.3) is 15.9 Å². The second kappa shape index (κ2) is 11.7. The Kier molecular flexibility index (Phi) is 8.62. The van der Waals surface area contributed by atoms with Gasteiger partial charge in [-0.15, -0.1) is 0 Å². The van der Waals surface area contributed by atoms with Gasteiger partial charge in [0.15, 0.2) is 0 Å². The topological polar surface area (TPSA) is 83.8 Å². The zero-order chi connectivity index (χ0) is 27.4. The molecule has 0 aliphatic rings. The summed E-state index contributed by atoms with van der Waals surface area (Å²) in [6, 6.07) is 21.7. The van der Waals surface area contributed by atoms with Crippen LogP contribution in [-0.2, 0) is 14.8 Å². The van der Waals surface area contributed by atoms with Crippen molar-refractivity contribution in [3.8, 4) is 5.69 Å². The van der Waals surface area contributed by atoms with Crippen LogP contribution in [0.1, 0.15) is 17.0 Å². The third-order valence-electron chi connectivity index (χ3n) is 5.75. The highest BCUT2D eigenvalue weighted by molar-refractivity contribution is 9.10. The van der Waals surface area contributed by atoms with Crippen LogP contribution in [0.15, 0.2) is 93.3 Å². The molecule has 0 fully saturated rings. The summed E-state index contributed by atoms with van der Waals surface area (Å²) in [5.74, 6) is -0.602. The molecule has 0 spiro atoms. The van der Waals surface area contributed by atoms with Crippen LogP contribution in [0, 0.1) is 13.8 Å². The van der Waals surface area contributed by atoms with Crippen molar-refractivity contribution in [2.45, 2.75) is 18.7 Å². The summed E-state index contributed by atoms with van der Waals surface area (Å²) >= 11 is 15.9. The molecule has 11 heteroatoms. The van der Waals surface area contributed by atoms with Gasteiger partial charge >= 0.3 is 0 Å². The van der Waals surface area contributed by atoms with Crippen molar-refractivity contribution in [1.82, 2.24) is 9.99 Å². The van der Waals surface area contributed by atoms with Crippen LogP contribution in [0.3, 0.4) is 0 Å². The molecule has 0 atom stereocenters. The molecule has 0 saturated carbocycles. The van der Waals surface area contributed by atoms with E-state index in [1.165, 1.54) is 18.3 Å². The number of aromatic nitrogens is 1. The van der Waals surface area contributed by atoms with Crippen molar-refractivity contribution >= 4 is 67.0 Å². The lowest BCUT2D eigenvalue weighted by molar-refractivity contribution is -0.119. The third-order valence-corrected chi connectivity index (χ3v) is 8.62. The molecule has 0 aliphatic heterocycles. The lowest BCUT2D eigenvalue weighted by Gasteiger charge is -2.23. The summed E-state index contributed by atoms with van der Waals surface area (Å²) in [4.78, 5) is 12.9. The zero-order valence-corrected chi connectivity index (χ0v) is 24.3. The van der Waals surface area contributed by atoms with E-state index >= 15 is 0 Å². The number of hydrogen-bond donors (Lipinski definition) is 1. The minimum atomic E-state index is -4.01. The number of sulfonamides is 1. The Morgan fingerprint density at radius 2 is 1.71 bits per heavy atom. The highest BCUT2D eigenvalue weighted by atomic mass is 79.9.